The van der Waals surface area contributed by atoms with Crippen LogP contribution >= 0.6 is 0 Å². The molecule has 16 heavy (non-hydrogen) atoms. The number of para-hydroxylation sites is 1. The second-order valence-electron chi connectivity index (χ2n) is 3.21. The van der Waals surface area contributed by atoms with Gasteiger partial charge >= 0.3 is 0 Å². The Balaban J connectivity index is 2.38. The fourth-order valence-electron chi connectivity index (χ4n) is 1.31. The summed E-state index contributed by atoms with van der Waals surface area (Å²) in [5, 5.41) is 2.49. The normalized spacial score (nSPS) is 10.2. The number of halogens is 3. The second-order valence-corrected chi connectivity index (χ2v) is 3.21. The number of nitrogens with one attached hydrogen (secondary N) is 1. The molecule has 0 bridgehead atoms. The smallest absolute Gasteiger partial charge is 0.185 e. The van der Waals surface area contributed by atoms with E-state index < -0.39 is 23.1 Å². The molecule has 2 aromatic carbocycles. The third kappa shape index (κ3) is 2.00. The molecule has 0 aromatic heterocycles. The zero-order valence-corrected chi connectivity index (χ0v) is 8.18. The van der Waals surface area contributed by atoms with Gasteiger partial charge in [0.15, 0.2) is 11.6 Å². The zero-order valence-electron chi connectivity index (χ0n) is 8.18. The van der Waals surface area contributed by atoms with Crippen LogP contribution in [0.3, 0.4) is 0 Å². The van der Waals surface area contributed by atoms with Gasteiger partial charge in [-0.3, -0.25) is 0 Å². The van der Waals surface area contributed by atoms with Crippen molar-refractivity contribution < 1.29 is 13.2 Å². The average Bonchev–Trinajstić information content (AvgIpc) is 2.31. The average molecular weight is 223 g/mol. The quantitative estimate of drug-likeness (QED) is 0.762. The van der Waals surface area contributed by atoms with Crippen LogP contribution in [-0.2, 0) is 0 Å². The van der Waals surface area contributed by atoms with Crippen molar-refractivity contribution in [2.24, 2.45) is 0 Å². The number of hydrogen-bond acceptors (Lipinski definition) is 1. The number of benzene rings is 2. The summed E-state index contributed by atoms with van der Waals surface area (Å²) in [6, 6.07) is 10.1. The van der Waals surface area contributed by atoms with Crippen molar-refractivity contribution >= 4 is 11.4 Å². The van der Waals surface area contributed by atoms with Crippen LogP contribution in [0.15, 0.2) is 42.5 Å². The molecule has 4 heteroatoms. The van der Waals surface area contributed by atoms with Crippen molar-refractivity contribution in [2.45, 2.75) is 0 Å². The van der Waals surface area contributed by atoms with Crippen molar-refractivity contribution in [1.82, 2.24) is 0 Å². The van der Waals surface area contributed by atoms with E-state index in [0.29, 0.717) is 5.69 Å². The highest BCUT2D eigenvalue weighted by atomic mass is 19.2. The second kappa shape index (κ2) is 4.26. The summed E-state index contributed by atoms with van der Waals surface area (Å²) in [5.41, 5.74) is 0.0112. The Morgan fingerprint density at radius 1 is 0.750 bits per heavy atom. The Labute approximate surface area is 90.5 Å². The highest BCUT2D eigenvalue weighted by Gasteiger charge is 2.13. The van der Waals surface area contributed by atoms with Gasteiger partial charge in [0.1, 0.15) is 11.5 Å². The number of anilines is 2. The van der Waals surface area contributed by atoms with Gasteiger partial charge in [-0.1, -0.05) is 18.2 Å². The molecule has 1 N–H and O–H groups in total. The molecule has 0 spiro atoms. The van der Waals surface area contributed by atoms with E-state index in [1.165, 1.54) is 0 Å². The van der Waals surface area contributed by atoms with E-state index in [9.17, 15) is 13.2 Å². The van der Waals surface area contributed by atoms with Crippen LogP contribution < -0.4 is 5.32 Å². The van der Waals surface area contributed by atoms with Crippen LogP contribution in [-0.4, -0.2) is 0 Å². The first-order valence-corrected chi connectivity index (χ1v) is 4.64. The van der Waals surface area contributed by atoms with Crippen LogP contribution in [0, 0.1) is 17.5 Å². The molecule has 0 saturated carbocycles. The van der Waals surface area contributed by atoms with E-state index in [0.717, 1.165) is 12.1 Å². The number of rotatable bonds is 2. The van der Waals surface area contributed by atoms with Gasteiger partial charge in [-0.25, -0.2) is 13.2 Å². The first kappa shape index (κ1) is 10.5. The van der Waals surface area contributed by atoms with Gasteiger partial charge in [-0.05, 0) is 24.3 Å². The van der Waals surface area contributed by atoms with Gasteiger partial charge in [-0.15, -0.1) is 0 Å². The highest BCUT2D eigenvalue weighted by molar-refractivity contribution is 5.60. The SMILES string of the molecule is Fc1ccc(F)c(Nc2ccccc2)c1F. The summed E-state index contributed by atoms with van der Waals surface area (Å²) in [5.74, 6) is -3.13. The molecular formula is C12H8F3N. The summed E-state index contributed by atoms with van der Waals surface area (Å²) in [6.45, 7) is 0. The maximum Gasteiger partial charge on any atom is 0.185 e. The summed E-state index contributed by atoms with van der Waals surface area (Å²) in [4.78, 5) is 0. The van der Waals surface area contributed by atoms with E-state index in [4.69, 9.17) is 0 Å². The summed E-state index contributed by atoms with van der Waals surface area (Å²) >= 11 is 0. The lowest BCUT2D eigenvalue weighted by Gasteiger charge is -2.08. The molecule has 0 atom stereocenters. The molecule has 0 fully saturated rings. The van der Waals surface area contributed by atoms with Crippen molar-refractivity contribution in [3.63, 3.8) is 0 Å². The lowest BCUT2D eigenvalue weighted by molar-refractivity contribution is 0.500. The molecule has 0 aliphatic heterocycles. The Morgan fingerprint density at radius 3 is 2.06 bits per heavy atom. The predicted octanol–water partition coefficient (Wildman–Crippen LogP) is 3.85. The lowest BCUT2D eigenvalue weighted by Crippen LogP contribution is -1.99. The van der Waals surface area contributed by atoms with Crippen LogP contribution in [0.25, 0.3) is 0 Å². The molecule has 0 saturated heterocycles. The molecule has 82 valence electrons. The van der Waals surface area contributed by atoms with Crippen LogP contribution in [0.2, 0.25) is 0 Å². The maximum atomic E-state index is 13.3. The van der Waals surface area contributed by atoms with Crippen LogP contribution in [0.4, 0.5) is 24.5 Å². The van der Waals surface area contributed by atoms with E-state index in [-0.39, 0.29) is 0 Å². The molecule has 0 heterocycles. The predicted molar refractivity (Wildman–Crippen MR) is 56.0 cm³/mol. The van der Waals surface area contributed by atoms with Gasteiger partial charge in [0.2, 0.25) is 0 Å². The molecule has 2 rings (SSSR count). The van der Waals surface area contributed by atoms with Crippen LogP contribution in [0.5, 0.6) is 0 Å². The van der Waals surface area contributed by atoms with E-state index in [1.807, 2.05) is 0 Å². The lowest BCUT2D eigenvalue weighted by atomic mass is 10.2. The minimum atomic E-state index is -1.22. The monoisotopic (exact) mass is 223 g/mol. The topological polar surface area (TPSA) is 12.0 Å². The Bertz CT molecular complexity index is 497. The van der Waals surface area contributed by atoms with Crippen molar-refractivity contribution in [1.29, 1.82) is 0 Å². The minimum Gasteiger partial charge on any atom is -0.351 e. The highest BCUT2D eigenvalue weighted by Crippen LogP contribution is 2.24. The van der Waals surface area contributed by atoms with Gasteiger partial charge < -0.3 is 5.32 Å². The van der Waals surface area contributed by atoms with Gasteiger partial charge in [0.05, 0.1) is 0 Å². The Hall–Kier alpha value is -1.97. The molecular weight excluding hydrogens is 215 g/mol. The molecule has 0 aliphatic rings. The molecule has 0 radical (unpaired) electrons. The van der Waals surface area contributed by atoms with Gasteiger partial charge in [0.25, 0.3) is 0 Å². The minimum absolute atomic E-state index is 0.480. The first-order valence-electron chi connectivity index (χ1n) is 4.64. The molecule has 0 aliphatic carbocycles. The standard InChI is InChI=1S/C12H8F3N/c13-9-6-7-10(14)12(11(9)15)16-8-4-2-1-3-5-8/h1-7,16H. The summed E-state index contributed by atoms with van der Waals surface area (Å²) in [6.07, 6.45) is 0. The fourth-order valence-corrected chi connectivity index (χ4v) is 1.31. The van der Waals surface area contributed by atoms with E-state index in [2.05, 4.69) is 5.32 Å². The Morgan fingerprint density at radius 2 is 1.38 bits per heavy atom. The van der Waals surface area contributed by atoms with Crippen molar-refractivity contribution in [3.05, 3.63) is 59.9 Å². The maximum absolute atomic E-state index is 13.3. The summed E-state index contributed by atoms with van der Waals surface area (Å²) in [7, 11) is 0. The van der Waals surface area contributed by atoms with Gasteiger partial charge in [0, 0.05) is 5.69 Å². The van der Waals surface area contributed by atoms with Gasteiger partial charge in [-0.2, -0.15) is 0 Å². The first-order chi connectivity index (χ1) is 7.68. The van der Waals surface area contributed by atoms with Crippen molar-refractivity contribution in [2.75, 3.05) is 5.32 Å². The van der Waals surface area contributed by atoms with E-state index in [1.54, 1.807) is 30.3 Å². The van der Waals surface area contributed by atoms with Crippen LogP contribution in [0.1, 0.15) is 0 Å². The van der Waals surface area contributed by atoms with E-state index >= 15 is 0 Å². The summed E-state index contributed by atoms with van der Waals surface area (Å²) < 4.78 is 39.4. The molecule has 1 nitrogen and oxygen atoms in total. The van der Waals surface area contributed by atoms with Crippen molar-refractivity contribution in [3.8, 4) is 0 Å². The zero-order chi connectivity index (χ0) is 11.5. The molecule has 2 aromatic rings. The third-order valence-corrected chi connectivity index (χ3v) is 2.09. The molecule has 0 amide bonds. The Kier molecular flexibility index (Phi) is 2.81. The third-order valence-electron chi connectivity index (χ3n) is 2.09. The molecule has 0 unspecified atom stereocenters. The largest absolute Gasteiger partial charge is 0.351 e. The number of hydrogen-bond donors (Lipinski definition) is 1. The fraction of sp³-hybridized carbons (Fsp3) is 0.